The number of piperidine rings is 1. The van der Waals surface area contributed by atoms with Crippen molar-refractivity contribution in [3.63, 3.8) is 0 Å². The van der Waals surface area contributed by atoms with Crippen LogP contribution in [0.3, 0.4) is 0 Å². The molecule has 166 valence electrons. The van der Waals surface area contributed by atoms with Crippen LogP contribution in [0.15, 0.2) is 48.5 Å². The van der Waals surface area contributed by atoms with Gasteiger partial charge in [0.05, 0.1) is 33.4 Å². The summed E-state index contributed by atoms with van der Waals surface area (Å²) < 4.78 is 11.0. The standard InChI is InChI=1S/C26H34N2O3/c1-30-22-10-11-25(31-2)23(18-22)24-9-6-14-28(24)26(29)19-27-15-12-21(13-16-27)17-20-7-4-3-5-8-20/h3-5,7-8,10-11,18,21,24H,6,9,12-17,19H2,1-2H3/p+1/t24-/m1/s1. The number of methoxy groups -OCH3 is 2. The molecular weight excluding hydrogens is 388 g/mol. The predicted molar refractivity (Wildman–Crippen MR) is 122 cm³/mol. The summed E-state index contributed by atoms with van der Waals surface area (Å²) in [5.41, 5.74) is 2.49. The number of likely N-dealkylation sites (tertiary alicyclic amines) is 2. The number of rotatable bonds is 7. The Labute approximate surface area is 185 Å². The topological polar surface area (TPSA) is 43.2 Å². The third kappa shape index (κ3) is 5.21. The molecule has 5 nitrogen and oxygen atoms in total. The summed E-state index contributed by atoms with van der Waals surface area (Å²) in [6, 6.07) is 16.7. The zero-order valence-corrected chi connectivity index (χ0v) is 18.8. The van der Waals surface area contributed by atoms with Crippen LogP contribution in [0.2, 0.25) is 0 Å². The number of amides is 1. The minimum absolute atomic E-state index is 0.0765. The number of quaternary nitrogens is 1. The summed E-state index contributed by atoms with van der Waals surface area (Å²) in [6.07, 6.45) is 5.57. The van der Waals surface area contributed by atoms with Crippen LogP contribution in [0, 0.1) is 5.92 Å². The first-order valence-corrected chi connectivity index (χ1v) is 11.6. The van der Waals surface area contributed by atoms with Crippen molar-refractivity contribution in [1.82, 2.24) is 4.90 Å². The number of ether oxygens (including phenoxy) is 2. The van der Waals surface area contributed by atoms with Gasteiger partial charge in [0.15, 0.2) is 6.54 Å². The SMILES string of the molecule is COc1ccc(OC)c([C@H]2CCCN2C(=O)C[NH+]2CCC(Cc3ccccc3)CC2)c1. The van der Waals surface area contributed by atoms with Crippen LogP contribution in [0.1, 0.15) is 42.9 Å². The van der Waals surface area contributed by atoms with E-state index in [0.29, 0.717) is 6.54 Å². The number of hydrogen-bond donors (Lipinski definition) is 1. The maximum atomic E-state index is 13.3. The van der Waals surface area contributed by atoms with Crippen molar-refractivity contribution < 1.29 is 19.2 Å². The average Bonchev–Trinajstić information content (AvgIpc) is 3.30. The molecule has 0 aliphatic carbocycles. The van der Waals surface area contributed by atoms with Gasteiger partial charge in [-0.2, -0.15) is 0 Å². The summed E-state index contributed by atoms with van der Waals surface area (Å²) in [6.45, 7) is 3.60. The van der Waals surface area contributed by atoms with Gasteiger partial charge >= 0.3 is 0 Å². The van der Waals surface area contributed by atoms with E-state index in [2.05, 4.69) is 35.2 Å². The zero-order valence-electron chi connectivity index (χ0n) is 18.8. The van der Waals surface area contributed by atoms with Gasteiger partial charge in [0.1, 0.15) is 11.5 Å². The first kappa shape index (κ1) is 21.7. The first-order valence-electron chi connectivity index (χ1n) is 11.6. The average molecular weight is 424 g/mol. The normalized spacial score (nSPS) is 23.5. The lowest BCUT2D eigenvalue weighted by atomic mass is 9.90. The molecule has 0 spiro atoms. The van der Waals surface area contributed by atoms with Gasteiger partial charge in [0, 0.05) is 12.1 Å². The summed E-state index contributed by atoms with van der Waals surface area (Å²) in [5, 5.41) is 0. The highest BCUT2D eigenvalue weighted by Gasteiger charge is 2.34. The van der Waals surface area contributed by atoms with Gasteiger partial charge in [0.2, 0.25) is 0 Å². The number of carbonyl (C=O) groups is 1. The van der Waals surface area contributed by atoms with Crippen LogP contribution in [0.25, 0.3) is 0 Å². The minimum atomic E-state index is 0.0765. The molecule has 1 atom stereocenters. The second-order valence-electron chi connectivity index (χ2n) is 8.91. The fourth-order valence-electron chi connectivity index (χ4n) is 5.22. The van der Waals surface area contributed by atoms with E-state index < -0.39 is 0 Å². The molecule has 2 fully saturated rings. The third-order valence-corrected chi connectivity index (χ3v) is 6.95. The zero-order chi connectivity index (χ0) is 21.6. The Balaban J connectivity index is 1.34. The van der Waals surface area contributed by atoms with Gasteiger partial charge in [-0.25, -0.2) is 0 Å². The maximum absolute atomic E-state index is 13.3. The minimum Gasteiger partial charge on any atom is -0.497 e. The van der Waals surface area contributed by atoms with Gasteiger partial charge in [-0.05, 0) is 61.8 Å². The maximum Gasteiger partial charge on any atom is 0.278 e. The first-order chi connectivity index (χ1) is 15.2. The second-order valence-corrected chi connectivity index (χ2v) is 8.91. The number of nitrogens with zero attached hydrogens (tertiary/aromatic N) is 1. The van der Waals surface area contributed by atoms with Gasteiger partial charge in [-0.3, -0.25) is 4.79 Å². The summed E-state index contributed by atoms with van der Waals surface area (Å²) >= 11 is 0. The molecule has 2 aliphatic rings. The van der Waals surface area contributed by atoms with E-state index in [0.717, 1.165) is 61.9 Å². The van der Waals surface area contributed by atoms with E-state index in [9.17, 15) is 4.79 Å². The predicted octanol–water partition coefficient (Wildman–Crippen LogP) is 2.90. The molecule has 0 saturated carbocycles. The molecule has 2 aromatic carbocycles. The highest BCUT2D eigenvalue weighted by molar-refractivity contribution is 5.78. The lowest BCUT2D eigenvalue weighted by molar-refractivity contribution is -0.898. The molecular formula is C26H35N2O3+. The Morgan fingerprint density at radius 2 is 1.81 bits per heavy atom. The molecule has 2 heterocycles. The third-order valence-electron chi connectivity index (χ3n) is 6.95. The molecule has 1 N–H and O–H groups in total. The van der Waals surface area contributed by atoms with E-state index in [4.69, 9.17) is 9.47 Å². The molecule has 0 radical (unpaired) electrons. The smallest absolute Gasteiger partial charge is 0.278 e. The number of nitrogens with one attached hydrogen (secondary N) is 1. The van der Waals surface area contributed by atoms with E-state index in [1.807, 2.05) is 18.2 Å². The summed E-state index contributed by atoms with van der Waals surface area (Å²) in [5.74, 6) is 2.64. The fraction of sp³-hybridized carbons (Fsp3) is 0.500. The monoisotopic (exact) mass is 423 g/mol. The van der Waals surface area contributed by atoms with Crippen LogP contribution in [0.4, 0.5) is 0 Å². The number of benzene rings is 2. The van der Waals surface area contributed by atoms with Crippen molar-refractivity contribution >= 4 is 5.91 Å². The Bertz CT molecular complexity index is 862. The van der Waals surface area contributed by atoms with Crippen LogP contribution in [0.5, 0.6) is 11.5 Å². The largest absolute Gasteiger partial charge is 0.497 e. The van der Waals surface area contributed by atoms with Crippen molar-refractivity contribution in [3.8, 4) is 11.5 Å². The lowest BCUT2D eigenvalue weighted by Gasteiger charge is -2.32. The lowest BCUT2D eigenvalue weighted by Crippen LogP contribution is -3.14. The van der Waals surface area contributed by atoms with Crippen molar-refractivity contribution in [1.29, 1.82) is 0 Å². The highest BCUT2D eigenvalue weighted by atomic mass is 16.5. The number of hydrogen-bond acceptors (Lipinski definition) is 3. The van der Waals surface area contributed by atoms with Crippen molar-refractivity contribution in [3.05, 3.63) is 59.7 Å². The molecule has 1 amide bonds. The molecule has 31 heavy (non-hydrogen) atoms. The Kier molecular flexibility index (Phi) is 7.13. The van der Waals surface area contributed by atoms with E-state index in [1.54, 1.807) is 14.2 Å². The van der Waals surface area contributed by atoms with Crippen molar-refractivity contribution in [2.75, 3.05) is 40.4 Å². The quantitative estimate of drug-likeness (QED) is 0.745. The molecule has 5 heteroatoms. The van der Waals surface area contributed by atoms with E-state index >= 15 is 0 Å². The van der Waals surface area contributed by atoms with Crippen LogP contribution in [-0.2, 0) is 11.2 Å². The summed E-state index contributed by atoms with van der Waals surface area (Å²) in [7, 11) is 3.37. The van der Waals surface area contributed by atoms with Crippen LogP contribution < -0.4 is 14.4 Å². The fourth-order valence-corrected chi connectivity index (χ4v) is 5.22. The van der Waals surface area contributed by atoms with Gasteiger partial charge in [0.25, 0.3) is 5.91 Å². The van der Waals surface area contributed by atoms with E-state index in [1.165, 1.54) is 23.3 Å². The van der Waals surface area contributed by atoms with Gasteiger partial charge < -0.3 is 19.3 Å². The Morgan fingerprint density at radius 3 is 2.52 bits per heavy atom. The molecule has 0 aromatic heterocycles. The van der Waals surface area contributed by atoms with Crippen molar-refractivity contribution in [2.24, 2.45) is 5.92 Å². The Morgan fingerprint density at radius 1 is 1.03 bits per heavy atom. The molecule has 2 aliphatic heterocycles. The van der Waals surface area contributed by atoms with Crippen LogP contribution >= 0.6 is 0 Å². The second kappa shape index (κ2) is 10.2. The van der Waals surface area contributed by atoms with Gasteiger partial charge in [-0.1, -0.05) is 30.3 Å². The van der Waals surface area contributed by atoms with Gasteiger partial charge in [-0.15, -0.1) is 0 Å². The molecule has 2 saturated heterocycles. The summed E-state index contributed by atoms with van der Waals surface area (Å²) in [4.78, 5) is 16.8. The molecule has 2 aromatic rings. The Hall–Kier alpha value is -2.53. The molecule has 0 unspecified atom stereocenters. The highest BCUT2D eigenvalue weighted by Crippen LogP contribution is 2.38. The van der Waals surface area contributed by atoms with E-state index in [-0.39, 0.29) is 11.9 Å². The van der Waals surface area contributed by atoms with Crippen molar-refractivity contribution in [2.45, 2.75) is 38.1 Å². The van der Waals surface area contributed by atoms with Crippen LogP contribution in [-0.4, -0.2) is 51.2 Å². The molecule has 4 rings (SSSR count). The number of carbonyl (C=O) groups excluding carboxylic acids is 1. The molecule has 0 bridgehead atoms.